The predicted octanol–water partition coefficient (Wildman–Crippen LogP) is 6.05. The zero-order chi connectivity index (χ0) is 20.7. The van der Waals surface area contributed by atoms with E-state index in [1.54, 1.807) is 11.3 Å². The third-order valence-corrected chi connectivity index (χ3v) is 6.58. The van der Waals surface area contributed by atoms with Gasteiger partial charge in [-0.25, -0.2) is 0 Å². The van der Waals surface area contributed by atoms with Crippen LogP contribution >= 0.6 is 27.3 Å². The van der Waals surface area contributed by atoms with Crippen molar-refractivity contribution in [3.8, 4) is 17.0 Å². The third kappa shape index (κ3) is 3.14. The van der Waals surface area contributed by atoms with Gasteiger partial charge in [-0.05, 0) is 66.9 Å². The molecule has 7 heteroatoms. The minimum absolute atomic E-state index is 0.0737. The number of carbonyl (C=O) groups excluding carboxylic acids is 1. The molecule has 1 amide bonds. The van der Waals surface area contributed by atoms with E-state index in [1.165, 1.54) is 0 Å². The summed E-state index contributed by atoms with van der Waals surface area (Å²) in [6, 6.07) is 19.5. The summed E-state index contributed by atoms with van der Waals surface area (Å²) in [4.78, 5) is 16.3. The van der Waals surface area contributed by atoms with Crippen molar-refractivity contribution in [2.45, 2.75) is 13.0 Å². The number of amides is 1. The lowest BCUT2D eigenvalue weighted by Crippen LogP contribution is -2.28. The number of hydrogen-bond donors (Lipinski definition) is 1. The molecule has 0 aliphatic carbocycles. The van der Waals surface area contributed by atoms with Crippen molar-refractivity contribution in [3.63, 3.8) is 0 Å². The Bertz CT molecular complexity index is 1180. The zero-order valence-electron chi connectivity index (χ0n) is 16.1. The first kappa shape index (κ1) is 19.1. The van der Waals surface area contributed by atoms with E-state index in [0.29, 0.717) is 12.3 Å². The number of nitrogens with one attached hydrogen (secondary N) is 1. The Morgan fingerprint density at radius 1 is 1.13 bits per heavy atom. The number of halogens is 1. The van der Waals surface area contributed by atoms with Crippen molar-refractivity contribution in [2.24, 2.45) is 0 Å². The van der Waals surface area contributed by atoms with Crippen molar-refractivity contribution in [2.75, 3.05) is 11.5 Å². The van der Waals surface area contributed by atoms with E-state index in [9.17, 15) is 4.79 Å². The maximum absolute atomic E-state index is 13.4. The summed E-state index contributed by atoms with van der Waals surface area (Å²) < 4.78 is 6.53. The number of benzene rings is 2. The number of thiophene rings is 1. The highest BCUT2D eigenvalue weighted by molar-refractivity contribution is 9.10. The van der Waals surface area contributed by atoms with Crippen LogP contribution in [0.2, 0.25) is 0 Å². The average molecular weight is 480 g/mol. The van der Waals surface area contributed by atoms with E-state index in [4.69, 9.17) is 4.74 Å². The molecule has 150 valence electrons. The van der Waals surface area contributed by atoms with E-state index in [0.717, 1.165) is 37.6 Å². The standard InChI is InChI=1S/C23H18BrN3O2S/c1-2-29-17-11-5-14(6-12-17)20-19-21(26-25-20)23(28)27(16-9-7-15(24)8-10-16)22(19)18-4-3-13-30-18/h3-13,22H,2H2,1H3,(H,25,26)/t22-/m1/s1. The summed E-state index contributed by atoms with van der Waals surface area (Å²) in [5, 5.41) is 9.56. The van der Waals surface area contributed by atoms with Crippen molar-refractivity contribution in [3.05, 3.63) is 86.7 Å². The van der Waals surface area contributed by atoms with E-state index in [1.807, 2.05) is 71.8 Å². The largest absolute Gasteiger partial charge is 0.494 e. The number of carbonyl (C=O) groups is 1. The van der Waals surface area contributed by atoms with Crippen LogP contribution in [0.15, 0.2) is 70.5 Å². The highest BCUT2D eigenvalue weighted by atomic mass is 79.9. The monoisotopic (exact) mass is 479 g/mol. The van der Waals surface area contributed by atoms with Crippen LogP contribution in [0.4, 0.5) is 5.69 Å². The molecule has 0 fully saturated rings. The molecule has 1 atom stereocenters. The van der Waals surface area contributed by atoms with Crippen LogP contribution < -0.4 is 9.64 Å². The van der Waals surface area contributed by atoms with Crippen LogP contribution in [0.3, 0.4) is 0 Å². The van der Waals surface area contributed by atoms with Crippen molar-refractivity contribution >= 4 is 38.9 Å². The normalized spacial score (nSPS) is 15.5. The van der Waals surface area contributed by atoms with E-state index in [-0.39, 0.29) is 11.9 Å². The van der Waals surface area contributed by atoms with Gasteiger partial charge in [-0.3, -0.25) is 14.8 Å². The van der Waals surface area contributed by atoms with Gasteiger partial charge in [0.05, 0.1) is 12.3 Å². The smallest absolute Gasteiger partial charge is 0.277 e. The molecule has 5 rings (SSSR count). The number of aromatic amines is 1. The molecule has 2 aromatic carbocycles. The summed E-state index contributed by atoms with van der Waals surface area (Å²) in [6.45, 7) is 2.58. The number of hydrogen-bond acceptors (Lipinski definition) is 4. The molecular weight excluding hydrogens is 462 g/mol. The molecule has 0 saturated heterocycles. The lowest BCUT2D eigenvalue weighted by atomic mass is 10.0. The van der Waals surface area contributed by atoms with Crippen LogP contribution in [0.1, 0.15) is 33.9 Å². The van der Waals surface area contributed by atoms with E-state index < -0.39 is 0 Å². The molecule has 2 aromatic heterocycles. The number of rotatable bonds is 5. The molecule has 0 radical (unpaired) electrons. The molecule has 30 heavy (non-hydrogen) atoms. The lowest BCUT2D eigenvalue weighted by Gasteiger charge is -2.25. The fourth-order valence-corrected chi connectivity index (χ4v) is 4.91. The third-order valence-electron chi connectivity index (χ3n) is 5.12. The Kier molecular flexibility index (Phi) is 4.92. The summed E-state index contributed by atoms with van der Waals surface area (Å²) in [6.07, 6.45) is 0. The van der Waals surface area contributed by atoms with Gasteiger partial charge in [0.25, 0.3) is 5.91 Å². The minimum Gasteiger partial charge on any atom is -0.494 e. The van der Waals surface area contributed by atoms with Gasteiger partial charge < -0.3 is 4.74 Å². The first-order valence-corrected chi connectivity index (χ1v) is 11.3. The summed E-state index contributed by atoms with van der Waals surface area (Å²) in [5.41, 5.74) is 4.04. The fraction of sp³-hybridized carbons (Fsp3) is 0.130. The van der Waals surface area contributed by atoms with Crippen molar-refractivity contribution < 1.29 is 9.53 Å². The van der Waals surface area contributed by atoms with Gasteiger partial charge in [0.15, 0.2) is 0 Å². The fourth-order valence-electron chi connectivity index (χ4n) is 3.83. The van der Waals surface area contributed by atoms with Crippen LogP contribution in [0.5, 0.6) is 5.75 Å². The first-order valence-electron chi connectivity index (χ1n) is 9.61. The van der Waals surface area contributed by atoms with Crippen molar-refractivity contribution in [1.82, 2.24) is 10.2 Å². The van der Waals surface area contributed by atoms with Crippen LogP contribution in [0.25, 0.3) is 11.3 Å². The Morgan fingerprint density at radius 3 is 2.57 bits per heavy atom. The second kappa shape index (κ2) is 7.74. The molecule has 0 spiro atoms. The van der Waals surface area contributed by atoms with Gasteiger partial charge in [-0.2, -0.15) is 5.10 Å². The van der Waals surface area contributed by atoms with Crippen molar-refractivity contribution in [1.29, 1.82) is 0 Å². The maximum Gasteiger partial charge on any atom is 0.277 e. The molecular formula is C23H18BrN3O2S. The molecule has 4 aromatic rings. The number of nitrogens with zero attached hydrogens (tertiary/aromatic N) is 2. The zero-order valence-corrected chi connectivity index (χ0v) is 18.5. The topological polar surface area (TPSA) is 58.2 Å². The van der Waals surface area contributed by atoms with Gasteiger partial charge in [-0.1, -0.05) is 22.0 Å². The second-order valence-electron chi connectivity index (χ2n) is 6.89. The van der Waals surface area contributed by atoms with Crippen LogP contribution in [-0.2, 0) is 0 Å². The number of aromatic nitrogens is 2. The number of ether oxygens (including phenoxy) is 1. The van der Waals surface area contributed by atoms with Crippen LogP contribution in [0, 0.1) is 0 Å². The molecule has 5 nitrogen and oxygen atoms in total. The molecule has 0 bridgehead atoms. The summed E-state index contributed by atoms with van der Waals surface area (Å²) in [5.74, 6) is 0.742. The first-order chi connectivity index (χ1) is 14.7. The van der Waals surface area contributed by atoms with Gasteiger partial charge >= 0.3 is 0 Å². The Balaban J connectivity index is 1.64. The lowest BCUT2D eigenvalue weighted by molar-refractivity contribution is 0.0989. The SMILES string of the molecule is CCOc1ccc(-c2n[nH]c3c2[C@@H](c2cccs2)N(c2ccc(Br)cc2)C3=O)cc1. The molecule has 0 unspecified atom stereocenters. The highest BCUT2D eigenvalue weighted by Gasteiger charge is 2.43. The van der Waals surface area contributed by atoms with Gasteiger partial charge in [0, 0.05) is 26.2 Å². The Labute approximate surface area is 186 Å². The van der Waals surface area contributed by atoms with E-state index >= 15 is 0 Å². The summed E-state index contributed by atoms with van der Waals surface area (Å²) in [7, 11) is 0. The highest BCUT2D eigenvalue weighted by Crippen LogP contribution is 2.46. The molecule has 1 aliphatic rings. The molecule has 1 N–H and O–H groups in total. The molecule has 0 saturated carbocycles. The van der Waals surface area contributed by atoms with Gasteiger partial charge in [0.2, 0.25) is 0 Å². The minimum atomic E-state index is -0.228. The maximum atomic E-state index is 13.4. The quantitative estimate of drug-likeness (QED) is 0.379. The Hall–Kier alpha value is -2.90. The molecule has 3 heterocycles. The van der Waals surface area contributed by atoms with Gasteiger partial charge in [-0.15, -0.1) is 11.3 Å². The predicted molar refractivity (Wildman–Crippen MR) is 122 cm³/mol. The van der Waals surface area contributed by atoms with Gasteiger partial charge in [0.1, 0.15) is 17.5 Å². The number of H-pyrrole nitrogens is 1. The number of fused-ring (bicyclic) bond motifs is 1. The van der Waals surface area contributed by atoms with E-state index in [2.05, 4.69) is 32.2 Å². The van der Waals surface area contributed by atoms with Crippen LogP contribution in [-0.4, -0.2) is 22.7 Å². The summed E-state index contributed by atoms with van der Waals surface area (Å²) >= 11 is 5.11. The molecule has 1 aliphatic heterocycles. The Morgan fingerprint density at radius 2 is 1.90 bits per heavy atom. The second-order valence-corrected chi connectivity index (χ2v) is 8.78. The number of anilines is 1. The average Bonchev–Trinajstić information content (AvgIpc) is 3.48.